The molecule has 0 aliphatic heterocycles. The molecule has 1 aliphatic carbocycles. The first kappa shape index (κ1) is 8.13. The van der Waals surface area contributed by atoms with Gasteiger partial charge >= 0.3 is 5.97 Å². The maximum Gasteiger partial charge on any atom is 0.384 e. The smallest absolute Gasteiger partial charge is 0.384 e. The summed E-state index contributed by atoms with van der Waals surface area (Å²) in [6.07, 6.45) is 10.5. The minimum atomic E-state index is -0.517. The first-order valence-corrected chi connectivity index (χ1v) is 4.00. The van der Waals surface area contributed by atoms with Crippen LogP contribution >= 0.6 is 0 Å². The molecule has 0 N–H and O–H groups in total. The van der Waals surface area contributed by atoms with Crippen molar-refractivity contribution in [1.29, 1.82) is 0 Å². The van der Waals surface area contributed by atoms with Crippen LogP contribution < -0.4 is 0 Å². The van der Waals surface area contributed by atoms with E-state index in [1.165, 1.54) is 6.42 Å². The van der Waals surface area contributed by atoms with Gasteiger partial charge in [-0.3, -0.25) is 0 Å². The van der Waals surface area contributed by atoms with Crippen LogP contribution in [0.5, 0.6) is 0 Å². The fourth-order valence-corrected chi connectivity index (χ4v) is 1.37. The van der Waals surface area contributed by atoms with Gasteiger partial charge in [0.05, 0.1) is 0 Å². The number of esters is 1. The summed E-state index contributed by atoms with van der Waals surface area (Å²) in [5, 5.41) is 0. The molecule has 0 aromatic carbocycles. The minimum absolute atomic E-state index is 0.0901. The zero-order valence-corrected chi connectivity index (χ0v) is 6.51. The van der Waals surface area contributed by atoms with E-state index < -0.39 is 5.97 Å². The van der Waals surface area contributed by atoms with Gasteiger partial charge in [-0.05, 0) is 25.7 Å². The highest BCUT2D eigenvalue weighted by Gasteiger charge is 2.15. The molecule has 0 unspecified atom stereocenters. The molecule has 0 radical (unpaired) electrons. The average Bonchev–Trinajstić information content (AvgIpc) is 2.06. The third-order valence-corrected chi connectivity index (χ3v) is 1.94. The Morgan fingerprint density at radius 2 is 2.00 bits per heavy atom. The Bertz CT molecular complexity index is 172. The van der Waals surface area contributed by atoms with E-state index in [-0.39, 0.29) is 6.10 Å². The number of rotatable bonds is 1. The summed E-state index contributed by atoms with van der Waals surface area (Å²) in [7, 11) is 0. The van der Waals surface area contributed by atoms with Crippen molar-refractivity contribution in [3.8, 4) is 12.3 Å². The van der Waals surface area contributed by atoms with E-state index in [2.05, 4.69) is 0 Å². The average molecular weight is 152 g/mol. The van der Waals surface area contributed by atoms with Gasteiger partial charge in [-0.25, -0.2) is 4.79 Å². The lowest BCUT2D eigenvalue weighted by atomic mass is 9.98. The second-order valence-corrected chi connectivity index (χ2v) is 2.81. The largest absolute Gasteiger partial charge is 0.453 e. The molecule has 11 heavy (non-hydrogen) atoms. The molecule has 1 saturated carbocycles. The lowest BCUT2D eigenvalue weighted by Gasteiger charge is -2.20. The summed E-state index contributed by atoms with van der Waals surface area (Å²) in [6, 6.07) is 0. The van der Waals surface area contributed by atoms with Crippen molar-refractivity contribution >= 4 is 5.97 Å². The van der Waals surface area contributed by atoms with E-state index in [1.54, 1.807) is 0 Å². The van der Waals surface area contributed by atoms with E-state index in [0.717, 1.165) is 25.7 Å². The molecule has 0 amide bonds. The normalized spacial score (nSPS) is 18.8. The molecule has 1 fully saturated rings. The Morgan fingerprint density at radius 1 is 1.36 bits per heavy atom. The first-order chi connectivity index (χ1) is 5.33. The van der Waals surface area contributed by atoms with Crippen molar-refractivity contribution in [2.24, 2.45) is 0 Å². The number of hydrogen-bond donors (Lipinski definition) is 0. The topological polar surface area (TPSA) is 26.3 Å². The van der Waals surface area contributed by atoms with Crippen LogP contribution in [-0.4, -0.2) is 12.1 Å². The van der Waals surface area contributed by atoms with Gasteiger partial charge in [0.15, 0.2) is 0 Å². The van der Waals surface area contributed by atoms with Crippen molar-refractivity contribution in [2.45, 2.75) is 38.2 Å². The van der Waals surface area contributed by atoms with E-state index in [4.69, 9.17) is 11.2 Å². The summed E-state index contributed by atoms with van der Waals surface area (Å²) >= 11 is 0. The van der Waals surface area contributed by atoms with Crippen molar-refractivity contribution in [3.05, 3.63) is 0 Å². The van der Waals surface area contributed by atoms with E-state index in [9.17, 15) is 4.79 Å². The lowest BCUT2D eigenvalue weighted by molar-refractivity contribution is -0.143. The summed E-state index contributed by atoms with van der Waals surface area (Å²) in [4.78, 5) is 10.6. The van der Waals surface area contributed by atoms with Crippen LogP contribution in [0.25, 0.3) is 0 Å². The van der Waals surface area contributed by atoms with E-state index in [0.29, 0.717) is 0 Å². The molecule has 2 nitrogen and oxygen atoms in total. The number of hydrogen-bond acceptors (Lipinski definition) is 2. The second-order valence-electron chi connectivity index (χ2n) is 2.81. The van der Waals surface area contributed by atoms with Crippen LogP contribution in [0.1, 0.15) is 32.1 Å². The summed E-state index contributed by atoms with van der Waals surface area (Å²) < 4.78 is 4.97. The Labute approximate surface area is 66.9 Å². The molecule has 0 spiro atoms. The Hall–Kier alpha value is -0.970. The molecule has 1 rings (SSSR count). The molecule has 0 aromatic rings. The summed E-state index contributed by atoms with van der Waals surface area (Å²) in [6.45, 7) is 0. The van der Waals surface area contributed by atoms with Gasteiger partial charge in [0.2, 0.25) is 0 Å². The molecule has 1 aliphatic rings. The van der Waals surface area contributed by atoms with Gasteiger partial charge in [-0.2, -0.15) is 0 Å². The molecule has 0 atom stereocenters. The highest BCUT2D eigenvalue weighted by atomic mass is 16.5. The maximum absolute atomic E-state index is 10.6. The predicted molar refractivity (Wildman–Crippen MR) is 41.8 cm³/mol. The molecule has 0 heterocycles. The SMILES string of the molecule is C#CC(=O)OC1CCCCC1. The highest BCUT2D eigenvalue weighted by molar-refractivity contribution is 5.87. The third kappa shape index (κ3) is 2.63. The standard InChI is InChI=1S/C9H12O2/c1-2-9(10)11-8-6-4-3-5-7-8/h1,8H,3-7H2. The molecule has 0 aromatic heterocycles. The molecular formula is C9H12O2. The van der Waals surface area contributed by atoms with Crippen LogP contribution in [0.2, 0.25) is 0 Å². The number of carbonyl (C=O) groups excluding carboxylic acids is 1. The fraction of sp³-hybridized carbons (Fsp3) is 0.667. The molecular weight excluding hydrogens is 140 g/mol. The van der Waals surface area contributed by atoms with Crippen LogP contribution in [0.3, 0.4) is 0 Å². The highest BCUT2D eigenvalue weighted by Crippen LogP contribution is 2.19. The lowest BCUT2D eigenvalue weighted by Crippen LogP contribution is -2.19. The molecule has 60 valence electrons. The molecule has 2 heteroatoms. The van der Waals surface area contributed by atoms with E-state index >= 15 is 0 Å². The zero-order valence-electron chi connectivity index (χ0n) is 6.51. The van der Waals surface area contributed by atoms with E-state index in [1.807, 2.05) is 5.92 Å². The predicted octanol–water partition coefficient (Wildman–Crippen LogP) is 1.50. The monoisotopic (exact) mass is 152 g/mol. The summed E-state index contributed by atoms with van der Waals surface area (Å²) in [5.41, 5.74) is 0. The Kier molecular flexibility index (Phi) is 2.97. The van der Waals surface area contributed by atoms with Gasteiger partial charge in [0, 0.05) is 5.92 Å². The van der Waals surface area contributed by atoms with Gasteiger partial charge in [0.1, 0.15) is 6.10 Å². The second kappa shape index (κ2) is 4.02. The Morgan fingerprint density at radius 3 is 2.55 bits per heavy atom. The van der Waals surface area contributed by atoms with Gasteiger partial charge in [-0.15, -0.1) is 6.42 Å². The van der Waals surface area contributed by atoms with Gasteiger partial charge in [0.25, 0.3) is 0 Å². The van der Waals surface area contributed by atoms with Gasteiger partial charge < -0.3 is 4.74 Å². The van der Waals surface area contributed by atoms with Crippen molar-refractivity contribution in [2.75, 3.05) is 0 Å². The minimum Gasteiger partial charge on any atom is -0.453 e. The first-order valence-electron chi connectivity index (χ1n) is 4.00. The quantitative estimate of drug-likeness (QED) is 0.323. The fourth-order valence-electron chi connectivity index (χ4n) is 1.37. The number of terminal acetylenes is 1. The third-order valence-electron chi connectivity index (χ3n) is 1.94. The summed E-state index contributed by atoms with van der Waals surface area (Å²) in [5.74, 6) is 1.43. The van der Waals surface area contributed by atoms with Crippen LogP contribution in [0.4, 0.5) is 0 Å². The van der Waals surface area contributed by atoms with Crippen molar-refractivity contribution in [3.63, 3.8) is 0 Å². The van der Waals surface area contributed by atoms with Gasteiger partial charge in [-0.1, -0.05) is 6.42 Å². The number of carbonyl (C=O) groups is 1. The Balaban J connectivity index is 2.25. The van der Waals surface area contributed by atoms with Crippen LogP contribution in [0, 0.1) is 12.3 Å². The maximum atomic E-state index is 10.6. The molecule has 0 bridgehead atoms. The van der Waals surface area contributed by atoms with Crippen LogP contribution in [0.15, 0.2) is 0 Å². The van der Waals surface area contributed by atoms with Crippen LogP contribution in [-0.2, 0) is 9.53 Å². The number of ether oxygens (including phenoxy) is 1. The molecule has 0 saturated heterocycles. The zero-order chi connectivity index (χ0) is 8.10. The van der Waals surface area contributed by atoms with Crippen molar-refractivity contribution in [1.82, 2.24) is 0 Å². The van der Waals surface area contributed by atoms with Crippen molar-refractivity contribution < 1.29 is 9.53 Å².